The molecule has 2 nitrogen and oxygen atoms in total. The highest BCUT2D eigenvalue weighted by Crippen LogP contribution is 2.57. The van der Waals surface area contributed by atoms with Crippen LogP contribution in [-0.2, 0) is 5.41 Å². The smallest absolute Gasteiger partial charge is 0.0713 e. The van der Waals surface area contributed by atoms with Crippen molar-refractivity contribution in [3.63, 3.8) is 0 Å². The third kappa shape index (κ3) is 6.25. The van der Waals surface area contributed by atoms with Crippen molar-refractivity contribution in [3.8, 4) is 39.1 Å². The summed E-state index contributed by atoms with van der Waals surface area (Å²) in [5.41, 5.74) is 18.8. The monoisotopic (exact) mass is 908 g/mol. The number of anilines is 3. The summed E-state index contributed by atoms with van der Waals surface area (Å²) in [5.74, 6) is 0. The second-order valence-corrected chi connectivity index (χ2v) is 19.5. The van der Waals surface area contributed by atoms with Crippen LogP contribution in [0.2, 0.25) is 0 Å². The molecule has 328 valence electrons. The van der Waals surface area contributed by atoms with Gasteiger partial charge in [0.15, 0.2) is 0 Å². The van der Waals surface area contributed by atoms with Crippen LogP contribution < -0.4 is 4.90 Å². The van der Waals surface area contributed by atoms with Crippen LogP contribution in [0.4, 0.5) is 17.1 Å². The van der Waals surface area contributed by atoms with Gasteiger partial charge in [0.25, 0.3) is 0 Å². The summed E-state index contributed by atoms with van der Waals surface area (Å²) in [5, 5.41) is 5.09. The molecule has 14 rings (SSSR count). The van der Waals surface area contributed by atoms with Crippen LogP contribution in [0.3, 0.4) is 0 Å². The normalized spacial score (nSPS) is 12.7. The van der Waals surface area contributed by atoms with E-state index in [1.165, 1.54) is 97.7 Å². The van der Waals surface area contributed by atoms with Gasteiger partial charge < -0.3 is 9.47 Å². The molecule has 0 spiro atoms. The molecule has 1 aliphatic carbocycles. The van der Waals surface area contributed by atoms with E-state index in [0.717, 1.165) is 22.6 Å². The molecule has 2 aromatic heterocycles. The summed E-state index contributed by atoms with van der Waals surface area (Å²) >= 11 is 1.86. The number of para-hydroxylation sites is 2. The SMILES string of the molecule is c1ccc(-n2c3ccccc3c3cc(-c4cccc(-c5cccc(N(c6ccc7c(c6)-c6ccccc6C7(c6ccccc6)c6ccccc6)c6ccc7c(c6)sc6ccccc67)c5)c4)ccc32)cc1. The lowest BCUT2D eigenvalue weighted by Crippen LogP contribution is -2.28. The fourth-order valence-electron chi connectivity index (χ4n) is 11.6. The van der Waals surface area contributed by atoms with E-state index in [0.29, 0.717) is 0 Å². The zero-order valence-electron chi connectivity index (χ0n) is 38.2. The second kappa shape index (κ2) is 16.2. The number of nitrogens with zero attached hydrogens (tertiary/aromatic N) is 2. The Hall–Kier alpha value is -8.76. The molecule has 0 unspecified atom stereocenters. The van der Waals surface area contributed by atoms with Crippen molar-refractivity contribution in [2.45, 2.75) is 5.41 Å². The maximum atomic E-state index is 2.46. The highest BCUT2D eigenvalue weighted by molar-refractivity contribution is 7.25. The first kappa shape index (κ1) is 40.3. The first-order valence-corrected chi connectivity index (χ1v) is 24.9. The minimum Gasteiger partial charge on any atom is -0.310 e. The van der Waals surface area contributed by atoms with Crippen molar-refractivity contribution < 1.29 is 0 Å². The fraction of sp³-hybridized carbons (Fsp3) is 0.0149. The Bertz CT molecular complexity index is 4090. The van der Waals surface area contributed by atoms with Crippen molar-refractivity contribution in [1.29, 1.82) is 0 Å². The maximum absolute atomic E-state index is 2.46. The lowest BCUT2D eigenvalue weighted by atomic mass is 9.68. The topological polar surface area (TPSA) is 8.17 Å². The maximum Gasteiger partial charge on any atom is 0.0713 e. The number of hydrogen-bond acceptors (Lipinski definition) is 2. The Kier molecular flexibility index (Phi) is 9.33. The molecule has 0 saturated heterocycles. The zero-order chi connectivity index (χ0) is 46.2. The van der Waals surface area contributed by atoms with E-state index in [1.54, 1.807) is 0 Å². The standard InChI is InChI=1S/C67H44N2S/c1-4-21-49(22-5-1)67(50-23-6-2-7-24-50)61-31-13-10-28-55(61)59-43-53(36-38-62(59)67)68(54-35-37-58-57-30-12-15-33-65(57)70-66(58)44-54)52-27-17-20-47(41-52)45-18-16-19-46(40-45)48-34-39-64-60(42-48)56-29-11-14-32-63(56)69(64)51-25-8-3-9-26-51/h1-44H. The molecule has 0 radical (unpaired) electrons. The summed E-state index contributed by atoms with van der Waals surface area (Å²) in [6.45, 7) is 0. The molecular weight excluding hydrogens is 865 g/mol. The van der Waals surface area contributed by atoms with Crippen molar-refractivity contribution in [1.82, 2.24) is 4.57 Å². The van der Waals surface area contributed by atoms with Gasteiger partial charge in [0.1, 0.15) is 0 Å². The summed E-state index contributed by atoms with van der Waals surface area (Å²) in [6, 6.07) is 98.6. The van der Waals surface area contributed by atoms with Crippen molar-refractivity contribution in [3.05, 3.63) is 289 Å². The number of thiophene rings is 1. The van der Waals surface area contributed by atoms with E-state index in [9.17, 15) is 0 Å². The Labute approximate surface area is 411 Å². The summed E-state index contributed by atoms with van der Waals surface area (Å²) < 4.78 is 4.95. The van der Waals surface area contributed by atoms with Crippen LogP contribution in [-0.4, -0.2) is 4.57 Å². The van der Waals surface area contributed by atoms with Gasteiger partial charge in [0.05, 0.1) is 16.4 Å². The number of aromatic nitrogens is 1. The van der Waals surface area contributed by atoms with Crippen LogP contribution in [0.5, 0.6) is 0 Å². The quantitative estimate of drug-likeness (QED) is 0.147. The van der Waals surface area contributed by atoms with Gasteiger partial charge in [-0.25, -0.2) is 0 Å². The second-order valence-electron chi connectivity index (χ2n) is 18.4. The van der Waals surface area contributed by atoms with E-state index in [1.807, 2.05) is 11.3 Å². The molecule has 0 N–H and O–H groups in total. The van der Waals surface area contributed by atoms with Gasteiger partial charge >= 0.3 is 0 Å². The van der Waals surface area contributed by atoms with Gasteiger partial charge in [-0.15, -0.1) is 11.3 Å². The van der Waals surface area contributed by atoms with Crippen LogP contribution in [0.15, 0.2) is 267 Å². The summed E-state index contributed by atoms with van der Waals surface area (Å²) in [4.78, 5) is 2.46. The van der Waals surface area contributed by atoms with E-state index >= 15 is 0 Å². The predicted octanol–water partition coefficient (Wildman–Crippen LogP) is 18.3. The van der Waals surface area contributed by atoms with Gasteiger partial charge in [0.2, 0.25) is 0 Å². The van der Waals surface area contributed by atoms with Crippen LogP contribution in [0, 0.1) is 0 Å². The lowest BCUT2D eigenvalue weighted by Gasteiger charge is -2.34. The molecule has 3 heteroatoms. The molecule has 0 aliphatic heterocycles. The molecule has 0 atom stereocenters. The first-order chi connectivity index (χ1) is 34.7. The van der Waals surface area contributed by atoms with Gasteiger partial charge in [-0.2, -0.15) is 0 Å². The van der Waals surface area contributed by atoms with Crippen molar-refractivity contribution in [2.75, 3.05) is 4.90 Å². The Morgan fingerprint density at radius 2 is 0.871 bits per heavy atom. The average Bonchev–Trinajstić information content (AvgIpc) is 4.08. The Morgan fingerprint density at radius 3 is 1.66 bits per heavy atom. The Balaban J connectivity index is 0.920. The van der Waals surface area contributed by atoms with E-state index in [2.05, 4.69) is 276 Å². The molecular formula is C67H44N2S. The molecule has 0 amide bonds. The third-order valence-corrected chi connectivity index (χ3v) is 15.8. The van der Waals surface area contributed by atoms with E-state index in [-0.39, 0.29) is 0 Å². The zero-order valence-corrected chi connectivity index (χ0v) is 39.0. The molecule has 11 aromatic carbocycles. The molecule has 0 bridgehead atoms. The molecule has 0 fully saturated rings. The fourth-order valence-corrected chi connectivity index (χ4v) is 12.7. The number of fused-ring (bicyclic) bond motifs is 9. The van der Waals surface area contributed by atoms with Gasteiger partial charge in [-0.1, -0.05) is 188 Å². The van der Waals surface area contributed by atoms with E-state index in [4.69, 9.17) is 0 Å². The van der Waals surface area contributed by atoms with Crippen LogP contribution >= 0.6 is 11.3 Å². The van der Waals surface area contributed by atoms with Gasteiger partial charge in [-0.05, 0) is 134 Å². The van der Waals surface area contributed by atoms with Crippen molar-refractivity contribution in [2.24, 2.45) is 0 Å². The molecule has 13 aromatic rings. The minimum absolute atomic E-state index is 0.470. The van der Waals surface area contributed by atoms with Gasteiger partial charge in [0, 0.05) is 53.7 Å². The van der Waals surface area contributed by atoms with Crippen LogP contribution in [0.1, 0.15) is 22.3 Å². The number of hydrogen-bond donors (Lipinski definition) is 0. The highest BCUT2D eigenvalue weighted by atomic mass is 32.1. The van der Waals surface area contributed by atoms with Crippen LogP contribution in [0.25, 0.3) is 81.0 Å². The summed E-state index contributed by atoms with van der Waals surface area (Å²) in [6.07, 6.45) is 0. The Morgan fingerprint density at radius 1 is 0.314 bits per heavy atom. The lowest BCUT2D eigenvalue weighted by molar-refractivity contribution is 0.768. The molecule has 70 heavy (non-hydrogen) atoms. The number of rotatable bonds is 8. The van der Waals surface area contributed by atoms with E-state index < -0.39 is 5.41 Å². The third-order valence-electron chi connectivity index (χ3n) is 14.6. The molecule has 0 saturated carbocycles. The molecule has 2 heterocycles. The summed E-state index contributed by atoms with van der Waals surface area (Å²) in [7, 11) is 0. The highest BCUT2D eigenvalue weighted by Gasteiger charge is 2.46. The van der Waals surface area contributed by atoms with Gasteiger partial charge in [-0.3, -0.25) is 0 Å². The minimum atomic E-state index is -0.470. The molecule has 1 aliphatic rings. The largest absolute Gasteiger partial charge is 0.310 e. The van der Waals surface area contributed by atoms with Crippen molar-refractivity contribution >= 4 is 70.4 Å². The predicted molar refractivity (Wildman–Crippen MR) is 297 cm³/mol. The number of benzene rings is 11. The first-order valence-electron chi connectivity index (χ1n) is 24.1. The average molecular weight is 909 g/mol.